The molecule has 5 aromatic rings. The molecule has 0 aliphatic carbocycles. The Balaban J connectivity index is 1.09. The first-order valence-electron chi connectivity index (χ1n) is 19.5. The minimum Gasteiger partial charge on any atom is -0.456 e. The van der Waals surface area contributed by atoms with Crippen molar-refractivity contribution in [3.8, 4) is 0 Å². The van der Waals surface area contributed by atoms with Gasteiger partial charge in [0.15, 0.2) is 12.6 Å². The van der Waals surface area contributed by atoms with E-state index in [1.54, 1.807) is 24.3 Å². The zero-order valence-corrected chi connectivity index (χ0v) is 32.0. The molecule has 0 bridgehead atoms. The molecule has 10 nitrogen and oxygen atoms in total. The molecule has 0 spiro atoms. The molecule has 2 heterocycles. The number of carbonyl (C=O) groups excluding carboxylic acids is 1. The number of aliphatic hydroxyl groups is 1. The Morgan fingerprint density at radius 2 is 0.965 bits per heavy atom. The molecular weight excluding hydrogens is 725 g/mol. The van der Waals surface area contributed by atoms with Crippen LogP contribution in [0.4, 0.5) is 0 Å². The lowest BCUT2D eigenvalue weighted by Gasteiger charge is -2.45. The van der Waals surface area contributed by atoms with Gasteiger partial charge in [0.05, 0.1) is 44.7 Å². The summed E-state index contributed by atoms with van der Waals surface area (Å²) >= 11 is 0. The van der Waals surface area contributed by atoms with Crippen molar-refractivity contribution >= 4 is 5.97 Å². The third-order valence-corrected chi connectivity index (χ3v) is 10.1. The predicted octanol–water partition coefficient (Wildman–Crippen LogP) is 7.42. The van der Waals surface area contributed by atoms with E-state index in [0.717, 1.165) is 22.3 Å². The lowest BCUT2D eigenvalue weighted by atomic mass is 9.97. The number of benzene rings is 5. The molecule has 9 atom stereocenters. The van der Waals surface area contributed by atoms with Gasteiger partial charge in [0.1, 0.15) is 36.6 Å². The fraction of sp³-hybridized carbons (Fsp3) is 0.340. The molecule has 0 saturated carbocycles. The Hall–Kier alpha value is -4.75. The molecule has 5 aromatic carbocycles. The number of ether oxygens (including phenoxy) is 8. The summed E-state index contributed by atoms with van der Waals surface area (Å²) in [5.74, 6) is -0.463. The molecule has 0 aromatic heterocycles. The van der Waals surface area contributed by atoms with E-state index >= 15 is 0 Å². The van der Waals surface area contributed by atoms with E-state index in [9.17, 15) is 9.90 Å². The Morgan fingerprint density at radius 3 is 1.46 bits per heavy atom. The summed E-state index contributed by atoms with van der Waals surface area (Å²) in [5.41, 5.74) is 4.28. The van der Waals surface area contributed by atoms with Crippen LogP contribution in [0.5, 0.6) is 0 Å². The second-order valence-electron chi connectivity index (χ2n) is 14.3. The van der Waals surface area contributed by atoms with E-state index < -0.39 is 61.3 Å². The average molecular weight is 775 g/mol. The molecule has 2 aliphatic rings. The Labute approximate surface area is 334 Å². The largest absolute Gasteiger partial charge is 0.456 e. The maximum absolute atomic E-state index is 13.3. The van der Waals surface area contributed by atoms with E-state index in [1.165, 1.54) is 0 Å². The van der Waals surface area contributed by atoms with Crippen molar-refractivity contribution < 1.29 is 47.8 Å². The van der Waals surface area contributed by atoms with Gasteiger partial charge in [-0.15, -0.1) is 0 Å². The quantitative estimate of drug-likeness (QED) is 0.0959. The van der Waals surface area contributed by atoms with Crippen LogP contribution in [-0.4, -0.2) is 73.0 Å². The topological polar surface area (TPSA) is 111 Å². The van der Waals surface area contributed by atoms with Crippen LogP contribution in [0.15, 0.2) is 152 Å². The van der Waals surface area contributed by atoms with Crippen LogP contribution in [0, 0.1) is 0 Å². The SMILES string of the molecule is C[C@H]1O[C@@H](OC[C@H]2O[C@H](O)[C@H](OCc3ccccc3)[C@@H](OCc3ccccc3)[C@@H]2OCc2ccccc2)C[C@@H](OC(=O)c2ccccc2)[C@@H]1OCc1ccccc1. The van der Waals surface area contributed by atoms with Crippen molar-refractivity contribution in [2.75, 3.05) is 6.61 Å². The van der Waals surface area contributed by atoms with Crippen molar-refractivity contribution in [3.05, 3.63) is 179 Å². The first-order chi connectivity index (χ1) is 28.0. The molecule has 1 N–H and O–H groups in total. The number of hydrogen-bond donors (Lipinski definition) is 1. The van der Waals surface area contributed by atoms with Crippen LogP contribution >= 0.6 is 0 Å². The highest BCUT2D eigenvalue weighted by molar-refractivity contribution is 5.89. The highest BCUT2D eigenvalue weighted by atomic mass is 16.7. The van der Waals surface area contributed by atoms with Gasteiger partial charge in [0, 0.05) is 6.42 Å². The van der Waals surface area contributed by atoms with Gasteiger partial charge in [-0.05, 0) is 41.3 Å². The summed E-state index contributed by atoms with van der Waals surface area (Å²) in [6, 6.07) is 48.1. The molecule has 0 radical (unpaired) electrons. The molecule has 57 heavy (non-hydrogen) atoms. The van der Waals surface area contributed by atoms with Crippen LogP contribution < -0.4 is 0 Å². The second kappa shape index (κ2) is 20.6. The normalized spacial score (nSPS) is 26.1. The van der Waals surface area contributed by atoms with Crippen molar-refractivity contribution in [3.63, 3.8) is 0 Å². The molecule has 2 saturated heterocycles. The summed E-state index contributed by atoms with van der Waals surface area (Å²) < 4.78 is 51.2. The molecule has 0 unspecified atom stereocenters. The van der Waals surface area contributed by atoms with Crippen LogP contribution in [-0.2, 0) is 64.3 Å². The van der Waals surface area contributed by atoms with Gasteiger partial charge in [-0.1, -0.05) is 140 Å². The van der Waals surface area contributed by atoms with E-state index in [2.05, 4.69) is 0 Å². The molecular formula is C47H50O10. The summed E-state index contributed by atoms with van der Waals surface area (Å²) in [7, 11) is 0. The first-order valence-corrected chi connectivity index (χ1v) is 19.5. The number of aliphatic hydroxyl groups excluding tert-OH is 1. The first kappa shape index (κ1) is 40.4. The monoisotopic (exact) mass is 774 g/mol. The maximum Gasteiger partial charge on any atom is 0.338 e. The van der Waals surface area contributed by atoms with Crippen LogP contribution in [0.1, 0.15) is 46.0 Å². The summed E-state index contributed by atoms with van der Waals surface area (Å²) in [6.07, 6.45) is -6.87. The second-order valence-corrected chi connectivity index (χ2v) is 14.3. The van der Waals surface area contributed by atoms with Crippen molar-refractivity contribution in [2.45, 2.75) is 95.1 Å². The highest BCUT2D eigenvalue weighted by Gasteiger charge is 2.49. The maximum atomic E-state index is 13.3. The number of carbonyl (C=O) groups is 1. The number of rotatable bonds is 17. The smallest absolute Gasteiger partial charge is 0.338 e. The zero-order valence-electron chi connectivity index (χ0n) is 32.0. The molecule has 2 fully saturated rings. The van der Waals surface area contributed by atoms with E-state index in [4.69, 9.17) is 37.9 Å². The van der Waals surface area contributed by atoms with Crippen LogP contribution in [0.3, 0.4) is 0 Å². The van der Waals surface area contributed by atoms with Crippen molar-refractivity contribution in [2.24, 2.45) is 0 Å². The third-order valence-electron chi connectivity index (χ3n) is 10.1. The Kier molecular flexibility index (Phi) is 14.6. The number of esters is 1. The summed E-state index contributed by atoms with van der Waals surface area (Å²) in [4.78, 5) is 13.3. The molecule has 10 heteroatoms. The van der Waals surface area contributed by atoms with Crippen molar-refractivity contribution in [1.29, 1.82) is 0 Å². The predicted molar refractivity (Wildman–Crippen MR) is 212 cm³/mol. The zero-order chi connectivity index (χ0) is 39.2. The van der Waals surface area contributed by atoms with Crippen LogP contribution in [0.25, 0.3) is 0 Å². The fourth-order valence-corrected chi connectivity index (χ4v) is 7.11. The third kappa shape index (κ3) is 11.4. The Morgan fingerprint density at radius 1 is 0.544 bits per heavy atom. The van der Waals surface area contributed by atoms with Crippen molar-refractivity contribution in [1.82, 2.24) is 0 Å². The van der Waals surface area contributed by atoms with Gasteiger partial charge in [-0.25, -0.2) is 4.79 Å². The summed E-state index contributed by atoms with van der Waals surface area (Å²) in [5, 5.41) is 11.6. The van der Waals surface area contributed by atoms with Gasteiger partial charge in [0.25, 0.3) is 0 Å². The minimum atomic E-state index is -1.36. The summed E-state index contributed by atoms with van der Waals surface area (Å²) in [6.45, 7) is 2.91. The lowest BCUT2D eigenvalue weighted by Crippen LogP contribution is -2.61. The highest BCUT2D eigenvalue weighted by Crippen LogP contribution is 2.32. The molecule has 298 valence electrons. The molecule has 2 aliphatic heterocycles. The van der Waals surface area contributed by atoms with E-state index in [0.29, 0.717) is 12.2 Å². The van der Waals surface area contributed by atoms with Gasteiger partial charge in [0.2, 0.25) is 0 Å². The van der Waals surface area contributed by atoms with Gasteiger partial charge < -0.3 is 43.0 Å². The lowest BCUT2D eigenvalue weighted by molar-refractivity contribution is -0.327. The van der Waals surface area contributed by atoms with Gasteiger partial charge in [-0.3, -0.25) is 0 Å². The van der Waals surface area contributed by atoms with E-state index in [-0.39, 0.29) is 32.8 Å². The number of hydrogen-bond acceptors (Lipinski definition) is 10. The van der Waals surface area contributed by atoms with Gasteiger partial charge >= 0.3 is 5.97 Å². The minimum absolute atomic E-state index is 0.0284. The molecule has 0 amide bonds. The average Bonchev–Trinajstić information content (AvgIpc) is 3.25. The standard InChI is InChI=1S/C47H50O10/c1-33-42(51-28-34-17-7-2-8-18-34)39(56-46(48)38-25-15-6-16-26-38)27-41(55-33)50-32-40-43(52-29-35-19-9-3-10-20-35)44(53-30-36-21-11-4-12-22-36)45(47(49)57-40)54-31-37-23-13-5-14-24-37/h2-26,33,39-45,47,49H,27-32H2,1H3/t33-,39-,40-,41-,42-,43-,44+,45-,47+/m1/s1. The van der Waals surface area contributed by atoms with Gasteiger partial charge in [-0.2, -0.15) is 0 Å². The Bertz CT molecular complexity index is 1900. The van der Waals surface area contributed by atoms with E-state index in [1.807, 2.05) is 134 Å². The fourth-order valence-electron chi connectivity index (χ4n) is 7.11. The van der Waals surface area contributed by atoms with Crippen LogP contribution in [0.2, 0.25) is 0 Å². The molecule has 7 rings (SSSR count).